The first-order valence-electron chi connectivity index (χ1n) is 11.6. The monoisotopic (exact) mass is 432 g/mol. The molecule has 0 fully saturated rings. The van der Waals surface area contributed by atoms with E-state index in [1.807, 2.05) is 30.3 Å². The highest BCUT2D eigenvalue weighted by molar-refractivity contribution is 5.84. The zero-order chi connectivity index (χ0) is 22.2. The number of hydrogen-bond donors (Lipinski definition) is 6. The number of nitrogens with zero attached hydrogens (tertiary/aromatic N) is 1. The molecule has 0 unspecified atom stereocenters. The van der Waals surface area contributed by atoms with Crippen LogP contribution < -0.4 is 21.7 Å². The van der Waals surface area contributed by atoms with Gasteiger partial charge in [0.15, 0.2) is 0 Å². The first kappa shape index (κ1) is 25.3. The summed E-state index contributed by atoms with van der Waals surface area (Å²) in [6, 6.07) is 10.0. The van der Waals surface area contributed by atoms with Crippen molar-refractivity contribution in [1.29, 1.82) is 0 Å². The average molecular weight is 433 g/mol. The number of H-pyrrole nitrogens is 1. The molecule has 1 heterocycles. The van der Waals surface area contributed by atoms with Gasteiger partial charge >= 0.3 is 0 Å². The van der Waals surface area contributed by atoms with Gasteiger partial charge in [0, 0.05) is 30.8 Å². The van der Waals surface area contributed by atoms with E-state index in [1.54, 1.807) is 0 Å². The molecule has 0 aliphatic rings. The lowest BCUT2D eigenvalue weighted by Crippen LogP contribution is -2.29. The van der Waals surface area contributed by atoms with Crippen molar-refractivity contribution in [3.63, 3.8) is 0 Å². The Hall–Kier alpha value is -1.97. The van der Waals surface area contributed by atoms with Crippen LogP contribution in [0.3, 0.4) is 0 Å². The van der Waals surface area contributed by atoms with Gasteiger partial charge in [0.1, 0.15) is 0 Å². The van der Waals surface area contributed by atoms with Gasteiger partial charge in [-0.15, -0.1) is 0 Å². The summed E-state index contributed by atoms with van der Waals surface area (Å²) in [5, 5.41) is 22.2. The largest absolute Gasteiger partial charge is 0.358 e. The van der Waals surface area contributed by atoms with Crippen molar-refractivity contribution in [2.45, 2.75) is 38.5 Å². The molecule has 0 bridgehead atoms. The highest BCUT2D eigenvalue weighted by atomic mass is 16.5. The minimum atomic E-state index is 0.0214. The molecule has 8 nitrogen and oxygen atoms in total. The number of carbonyl (C=O) groups is 1. The Bertz CT molecular complexity index is 703. The third-order valence-electron chi connectivity index (χ3n) is 5.14. The highest BCUT2D eigenvalue weighted by Gasteiger charge is 2.06. The highest BCUT2D eigenvalue weighted by Crippen LogP contribution is 2.14. The Morgan fingerprint density at radius 1 is 0.935 bits per heavy atom. The first-order valence-corrected chi connectivity index (χ1v) is 11.6. The maximum Gasteiger partial charge on any atom is 0.225 e. The summed E-state index contributed by atoms with van der Waals surface area (Å²) in [6.07, 6.45) is 5.10. The molecular formula is C23H40N6O2. The third-order valence-corrected chi connectivity index (χ3v) is 5.14. The van der Waals surface area contributed by atoms with Crippen LogP contribution >= 0.6 is 0 Å². The second-order valence-electron chi connectivity index (χ2n) is 7.92. The van der Waals surface area contributed by atoms with Crippen molar-refractivity contribution in [3.8, 4) is 0 Å². The summed E-state index contributed by atoms with van der Waals surface area (Å²) in [5.74, 6) is 0.0214. The van der Waals surface area contributed by atoms with E-state index in [-0.39, 0.29) is 5.91 Å². The van der Waals surface area contributed by atoms with Crippen LogP contribution in [0, 0.1) is 0 Å². The number of hydroxylamine groups is 2. The van der Waals surface area contributed by atoms with Crippen molar-refractivity contribution >= 4 is 16.8 Å². The van der Waals surface area contributed by atoms with Crippen LogP contribution in [0.2, 0.25) is 0 Å². The lowest BCUT2D eigenvalue weighted by molar-refractivity contribution is -0.120. The fraction of sp³-hybridized carbons (Fsp3) is 0.609. The van der Waals surface area contributed by atoms with E-state index in [0.717, 1.165) is 81.4 Å². The van der Waals surface area contributed by atoms with Crippen molar-refractivity contribution in [3.05, 3.63) is 36.0 Å². The van der Waals surface area contributed by atoms with Crippen molar-refractivity contribution < 1.29 is 10.0 Å². The van der Waals surface area contributed by atoms with E-state index in [2.05, 4.69) is 20.9 Å². The Balaban J connectivity index is 1.40. The zero-order valence-electron chi connectivity index (χ0n) is 18.7. The van der Waals surface area contributed by atoms with E-state index in [9.17, 15) is 10.0 Å². The molecule has 31 heavy (non-hydrogen) atoms. The molecule has 0 aliphatic carbocycles. The molecule has 2 rings (SSSR count). The van der Waals surface area contributed by atoms with Crippen LogP contribution in [0.5, 0.6) is 0 Å². The number of unbranched alkanes of at least 4 members (excludes halogenated alkanes) is 1. The Labute approximate surface area is 185 Å². The van der Waals surface area contributed by atoms with Crippen molar-refractivity contribution in [2.24, 2.45) is 5.73 Å². The number of nitrogens with two attached hydrogens (primary N) is 1. The van der Waals surface area contributed by atoms with E-state index < -0.39 is 0 Å². The number of fused-ring (bicyclic) bond motifs is 1. The molecule has 0 spiro atoms. The van der Waals surface area contributed by atoms with Crippen molar-refractivity contribution in [1.82, 2.24) is 26.0 Å². The van der Waals surface area contributed by atoms with Gasteiger partial charge in [-0.2, -0.15) is 5.06 Å². The van der Waals surface area contributed by atoms with E-state index in [1.165, 1.54) is 5.06 Å². The average Bonchev–Trinajstić information content (AvgIpc) is 3.17. The summed E-state index contributed by atoms with van der Waals surface area (Å²) in [7, 11) is 0. The molecule has 0 saturated carbocycles. The summed E-state index contributed by atoms with van der Waals surface area (Å²) < 4.78 is 0. The molecule has 0 atom stereocenters. The van der Waals surface area contributed by atoms with Gasteiger partial charge < -0.3 is 31.9 Å². The number of carbonyl (C=O) groups excluding carboxylic acids is 1. The molecule has 0 saturated heterocycles. The standard InChI is InChI=1S/C23H40N6O2/c24-10-5-11-25-12-6-13-26-14-7-17-29(31)16-4-3-15-27-23(30)19-21-18-20-8-1-2-9-22(20)28-21/h1-2,8-9,18,25-26,28,31H,3-7,10-17,19,24H2,(H,27,30). The van der Waals surface area contributed by atoms with E-state index in [4.69, 9.17) is 5.73 Å². The first-order chi connectivity index (χ1) is 15.2. The van der Waals surface area contributed by atoms with Gasteiger partial charge in [0.25, 0.3) is 0 Å². The summed E-state index contributed by atoms with van der Waals surface area (Å²) in [6.45, 7) is 6.55. The second-order valence-corrected chi connectivity index (χ2v) is 7.92. The van der Waals surface area contributed by atoms with Crippen LogP contribution in [0.4, 0.5) is 0 Å². The predicted octanol–water partition coefficient (Wildman–Crippen LogP) is 1.61. The van der Waals surface area contributed by atoms with Gasteiger partial charge in [0.05, 0.1) is 6.42 Å². The van der Waals surface area contributed by atoms with Gasteiger partial charge in [0.2, 0.25) is 5.91 Å². The Kier molecular flexibility index (Phi) is 12.9. The zero-order valence-corrected chi connectivity index (χ0v) is 18.7. The number of benzene rings is 1. The number of aromatic amines is 1. The van der Waals surface area contributed by atoms with Crippen LogP contribution in [0.25, 0.3) is 10.9 Å². The second kappa shape index (κ2) is 15.8. The smallest absolute Gasteiger partial charge is 0.225 e. The van der Waals surface area contributed by atoms with Gasteiger partial charge in [-0.25, -0.2) is 0 Å². The fourth-order valence-corrected chi connectivity index (χ4v) is 3.43. The fourth-order valence-electron chi connectivity index (χ4n) is 3.43. The minimum absolute atomic E-state index is 0.0214. The summed E-state index contributed by atoms with van der Waals surface area (Å²) >= 11 is 0. The van der Waals surface area contributed by atoms with Crippen LogP contribution in [0.15, 0.2) is 30.3 Å². The number of hydrogen-bond acceptors (Lipinski definition) is 6. The topological polar surface area (TPSA) is 118 Å². The quantitative estimate of drug-likeness (QED) is 0.157. The number of nitrogens with one attached hydrogen (secondary N) is 4. The maximum absolute atomic E-state index is 12.1. The molecule has 1 amide bonds. The van der Waals surface area contributed by atoms with Gasteiger partial charge in [-0.3, -0.25) is 4.79 Å². The molecule has 0 aliphatic heterocycles. The number of rotatable bonds is 18. The van der Waals surface area contributed by atoms with E-state index >= 15 is 0 Å². The number of para-hydroxylation sites is 1. The Morgan fingerprint density at radius 3 is 2.42 bits per heavy atom. The number of aromatic nitrogens is 1. The van der Waals surface area contributed by atoms with Crippen molar-refractivity contribution in [2.75, 3.05) is 52.4 Å². The van der Waals surface area contributed by atoms with Gasteiger partial charge in [-0.1, -0.05) is 18.2 Å². The lowest BCUT2D eigenvalue weighted by atomic mass is 10.2. The molecule has 174 valence electrons. The molecule has 8 heteroatoms. The molecular weight excluding hydrogens is 392 g/mol. The third kappa shape index (κ3) is 11.3. The van der Waals surface area contributed by atoms with Gasteiger partial charge in [-0.05, 0) is 82.3 Å². The summed E-state index contributed by atoms with van der Waals surface area (Å²) in [5.41, 5.74) is 7.43. The molecule has 1 aromatic heterocycles. The predicted molar refractivity (Wildman–Crippen MR) is 126 cm³/mol. The van der Waals surface area contributed by atoms with Crippen LogP contribution in [-0.2, 0) is 11.2 Å². The SMILES string of the molecule is NCCCNCCCNCCCN(O)CCCCNC(=O)Cc1cc2ccccc2[nH]1. The van der Waals surface area contributed by atoms with Crippen LogP contribution in [0.1, 0.15) is 37.8 Å². The lowest BCUT2D eigenvalue weighted by Gasteiger charge is -2.15. The maximum atomic E-state index is 12.1. The molecule has 2 aromatic rings. The molecule has 7 N–H and O–H groups in total. The van der Waals surface area contributed by atoms with E-state index in [0.29, 0.717) is 26.1 Å². The normalized spacial score (nSPS) is 11.5. The Morgan fingerprint density at radius 2 is 1.65 bits per heavy atom. The number of amides is 1. The summed E-state index contributed by atoms with van der Waals surface area (Å²) in [4.78, 5) is 15.4. The molecule has 1 aromatic carbocycles. The molecule has 0 radical (unpaired) electrons. The van der Waals surface area contributed by atoms with Crippen LogP contribution in [-0.4, -0.2) is 73.5 Å². The minimum Gasteiger partial charge on any atom is -0.358 e.